The zero-order chi connectivity index (χ0) is 12.3. The largest absolute Gasteiger partial charge is 0.324 e. The highest BCUT2D eigenvalue weighted by molar-refractivity contribution is 7.89. The van der Waals surface area contributed by atoms with Gasteiger partial charge in [-0.1, -0.05) is 0 Å². The van der Waals surface area contributed by atoms with E-state index in [2.05, 4.69) is 10.7 Å². The van der Waals surface area contributed by atoms with Crippen LogP contribution in [0, 0.1) is 0 Å². The van der Waals surface area contributed by atoms with Crippen LogP contribution in [0.5, 0.6) is 0 Å². The molecular formula is C10H16N4O2S. The van der Waals surface area contributed by atoms with E-state index in [0.29, 0.717) is 36.8 Å². The first-order valence-electron chi connectivity index (χ1n) is 5.42. The maximum atomic E-state index is 12.2. The number of rotatable bonds is 3. The minimum absolute atomic E-state index is 0.304. The summed E-state index contributed by atoms with van der Waals surface area (Å²) in [6.45, 7) is 2.42. The van der Waals surface area contributed by atoms with Crippen LogP contribution in [0.1, 0.15) is 0 Å². The number of nitrogens with two attached hydrogens (primary N) is 1. The molecule has 7 heteroatoms. The summed E-state index contributed by atoms with van der Waals surface area (Å²) in [5, 5.41) is 3.12. The number of piperazine rings is 1. The summed E-state index contributed by atoms with van der Waals surface area (Å²) in [4.78, 5) is 0.304. The van der Waals surface area contributed by atoms with Crippen LogP contribution in [0.4, 0.5) is 5.69 Å². The number of benzene rings is 1. The first-order chi connectivity index (χ1) is 8.14. The molecule has 0 aromatic heterocycles. The molecule has 1 aliphatic rings. The van der Waals surface area contributed by atoms with Crippen LogP contribution in [0.15, 0.2) is 29.2 Å². The van der Waals surface area contributed by atoms with Crippen LogP contribution in [-0.4, -0.2) is 38.9 Å². The Balaban J connectivity index is 2.23. The third-order valence-electron chi connectivity index (χ3n) is 2.73. The van der Waals surface area contributed by atoms with Gasteiger partial charge in [0.25, 0.3) is 0 Å². The number of hydrogen-bond donors (Lipinski definition) is 3. The fourth-order valence-corrected chi connectivity index (χ4v) is 3.20. The SMILES string of the molecule is NNc1ccc(S(=O)(=O)N2CCNCC2)cc1. The van der Waals surface area contributed by atoms with Crippen LogP contribution in [0.2, 0.25) is 0 Å². The van der Waals surface area contributed by atoms with Crippen molar-refractivity contribution >= 4 is 15.7 Å². The molecule has 17 heavy (non-hydrogen) atoms. The zero-order valence-electron chi connectivity index (χ0n) is 9.39. The van der Waals surface area contributed by atoms with Crippen molar-refractivity contribution in [3.63, 3.8) is 0 Å². The highest BCUT2D eigenvalue weighted by Crippen LogP contribution is 2.18. The Kier molecular flexibility index (Phi) is 3.63. The van der Waals surface area contributed by atoms with E-state index in [1.54, 1.807) is 24.3 Å². The minimum Gasteiger partial charge on any atom is -0.324 e. The van der Waals surface area contributed by atoms with E-state index in [1.165, 1.54) is 4.31 Å². The van der Waals surface area contributed by atoms with Gasteiger partial charge < -0.3 is 10.7 Å². The molecule has 0 bridgehead atoms. The van der Waals surface area contributed by atoms with E-state index in [1.807, 2.05) is 0 Å². The Morgan fingerprint density at radius 1 is 1.18 bits per heavy atom. The second-order valence-corrected chi connectivity index (χ2v) is 5.76. The number of nitrogens with one attached hydrogen (secondary N) is 2. The van der Waals surface area contributed by atoms with Crippen molar-refractivity contribution in [2.24, 2.45) is 5.84 Å². The topological polar surface area (TPSA) is 87.5 Å². The molecule has 1 aliphatic heterocycles. The van der Waals surface area contributed by atoms with Gasteiger partial charge in [0.2, 0.25) is 10.0 Å². The lowest BCUT2D eigenvalue weighted by Gasteiger charge is -2.26. The standard InChI is InChI=1S/C10H16N4O2S/c11-13-9-1-3-10(4-2-9)17(15,16)14-7-5-12-6-8-14/h1-4,12-13H,5-8,11H2. The molecule has 1 fully saturated rings. The monoisotopic (exact) mass is 256 g/mol. The zero-order valence-corrected chi connectivity index (χ0v) is 10.2. The molecule has 0 amide bonds. The quantitative estimate of drug-likeness (QED) is 0.504. The number of anilines is 1. The predicted molar refractivity (Wildman–Crippen MR) is 65.9 cm³/mol. The molecule has 0 radical (unpaired) electrons. The van der Waals surface area contributed by atoms with Gasteiger partial charge in [-0.3, -0.25) is 5.84 Å². The summed E-state index contributed by atoms with van der Waals surface area (Å²) in [6.07, 6.45) is 0. The molecule has 94 valence electrons. The van der Waals surface area contributed by atoms with Crippen molar-refractivity contribution in [3.8, 4) is 0 Å². The van der Waals surface area contributed by atoms with Crippen molar-refractivity contribution in [1.82, 2.24) is 9.62 Å². The summed E-state index contributed by atoms with van der Waals surface area (Å²) in [5.74, 6) is 5.23. The Hall–Kier alpha value is -1.15. The molecule has 0 saturated carbocycles. The van der Waals surface area contributed by atoms with Gasteiger partial charge in [-0.05, 0) is 24.3 Å². The molecule has 0 spiro atoms. The van der Waals surface area contributed by atoms with Crippen molar-refractivity contribution in [2.45, 2.75) is 4.90 Å². The number of hydrazine groups is 1. The fraction of sp³-hybridized carbons (Fsp3) is 0.400. The van der Waals surface area contributed by atoms with E-state index in [-0.39, 0.29) is 0 Å². The molecule has 1 heterocycles. The summed E-state index contributed by atoms with van der Waals surface area (Å²) in [7, 11) is -3.36. The van der Waals surface area contributed by atoms with Crippen molar-refractivity contribution in [1.29, 1.82) is 0 Å². The molecule has 6 nitrogen and oxygen atoms in total. The van der Waals surface area contributed by atoms with Crippen LogP contribution >= 0.6 is 0 Å². The first kappa shape index (κ1) is 12.3. The summed E-state index contributed by atoms with van der Waals surface area (Å²) in [6, 6.07) is 6.42. The Morgan fingerprint density at radius 3 is 2.29 bits per heavy atom. The Bertz CT molecular complexity index is 466. The highest BCUT2D eigenvalue weighted by Gasteiger charge is 2.25. The van der Waals surface area contributed by atoms with Gasteiger partial charge in [0, 0.05) is 31.9 Å². The van der Waals surface area contributed by atoms with Gasteiger partial charge in [0.1, 0.15) is 0 Å². The van der Waals surface area contributed by atoms with E-state index in [9.17, 15) is 8.42 Å². The molecule has 4 N–H and O–H groups in total. The second-order valence-electron chi connectivity index (χ2n) is 3.82. The minimum atomic E-state index is -3.36. The van der Waals surface area contributed by atoms with E-state index in [0.717, 1.165) is 0 Å². The van der Waals surface area contributed by atoms with Crippen molar-refractivity contribution < 1.29 is 8.42 Å². The van der Waals surface area contributed by atoms with Crippen molar-refractivity contribution in [3.05, 3.63) is 24.3 Å². The summed E-state index contributed by atoms with van der Waals surface area (Å²) >= 11 is 0. The highest BCUT2D eigenvalue weighted by atomic mass is 32.2. The van der Waals surface area contributed by atoms with Gasteiger partial charge >= 0.3 is 0 Å². The average Bonchev–Trinajstić information content (AvgIpc) is 2.40. The molecule has 2 rings (SSSR count). The number of hydrogen-bond acceptors (Lipinski definition) is 5. The second kappa shape index (κ2) is 5.01. The third kappa shape index (κ3) is 2.58. The average molecular weight is 256 g/mol. The van der Waals surface area contributed by atoms with Crippen molar-refractivity contribution in [2.75, 3.05) is 31.6 Å². The van der Waals surface area contributed by atoms with E-state index >= 15 is 0 Å². The molecule has 0 atom stereocenters. The number of nitrogen functional groups attached to an aromatic ring is 1. The van der Waals surface area contributed by atoms with Crippen LogP contribution in [0.25, 0.3) is 0 Å². The lowest BCUT2D eigenvalue weighted by Crippen LogP contribution is -2.46. The number of sulfonamides is 1. The number of nitrogens with zero attached hydrogens (tertiary/aromatic N) is 1. The van der Waals surface area contributed by atoms with Gasteiger partial charge in [-0.2, -0.15) is 4.31 Å². The van der Waals surface area contributed by atoms with Crippen LogP contribution in [0.3, 0.4) is 0 Å². The maximum Gasteiger partial charge on any atom is 0.243 e. The maximum absolute atomic E-state index is 12.2. The Labute approximate surface area is 101 Å². The van der Waals surface area contributed by atoms with Crippen LogP contribution < -0.4 is 16.6 Å². The normalized spacial score (nSPS) is 17.9. The smallest absolute Gasteiger partial charge is 0.243 e. The van der Waals surface area contributed by atoms with Gasteiger partial charge in [-0.15, -0.1) is 0 Å². The van der Waals surface area contributed by atoms with Crippen LogP contribution in [-0.2, 0) is 10.0 Å². The lowest BCUT2D eigenvalue weighted by atomic mass is 10.3. The third-order valence-corrected chi connectivity index (χ3v) is 4.65. The molecule has 1 aromatic carbocycles. The molecule has 1 saturated heterocycles. The Morgan fingerprint density at radius 2 is 1.76 bits per heavy atom. The van der Waals surface area contributed by atoms with Gasteiger partial charge in [0.15, 0.2) is 0 Å². The molecule has 1 aromatic rings. The van der Waals surface area contributed by atoms with E-state index in [4.69, 9.17) is 5.84 Å². The molecular weight excluding hydrogens is 240 g/mol. The van der Waals surface area contributed by atoms with Gasteiger partial charge in [0.05, 0.1) is 4.90 Å². The predicted octanol–water partition coefficient (Wildman–Crippen LogP) is -0.434. The fourth-order valence-electron chi connectivity index (χ4n) is 1.76. The summed E-state index contributed by atoms with van der Waals surface area (Å²) in [5.41, 5.74) is 3.15. The van der Waals surface area contributed by atoms with E-state index < -0.39 is 10.0 Å². The summed E-state index contributed by atoms with van der Waals surface area (Å²) < 4.78 is 26.0. The molecule has 0 aliphatic carbocycles. The molecule has 0 unspecified atom stereocenters. The van der Waals surface area contributed by atoms with Gasteiger partial charge in [-0.25, -0.2) is 8.42 Å². The lowest BCUT2D eigenvalue weighted by molar-refractivity contribution is 0.360. The first-order valence-corrected chi connectivity index (χ1v) is 6.86.